The molecule has 3 rings (SSSR count). The van der Waals surface area contributed by atoms with Gasteiger partial charge in [-0.15, -0.1) is 10.2 Å². The number of aromatic nitrogens is 2. The maximum absolute atomic E-state index is 12.8. The number of carbonyl (C=O) groups is 2. The molecular formula is C21H22ClN5O2S. The van der Waals surface area contributed by atoms with E-state index >= 15 is 0 Å². The van der Waals surface area contributed by atoms with E-state index in [0.29, 0.717) is 20.8 Å². The van der Waals surface area contributed by atoms with Crippen molar-refractivity contribution in [2.75, 3.05) is 10.6 Å². The first-order chi connectivity index (χ1) is 14.3. The van der Waals surface area contributed by atoms with Gasteiger partial charge >= 0.3 is 6.03 Å². The highest BCUT2D eigenvalue weighted by Gasteiger charge is 2.25. The first-order valence-corrected chi connectivity index (χ1v) is 10.6. The van der Waals surface area contributed by atoms with E-state index in [-0.39, 0.29) is 11.8 Å². The van der Waals surface area contributed by atoms with Gasteiger partial charge in [0.05, 0.1) is 0 Å². The number of benzene rings is 2. The molecule has 0 spiro atoms. The van der Waals surface area contributed by atoms with Gasteiger partial charge in [-0.1, -0.05) is 73.2 Å². The van der Waals surface area contributed by atoms with Crippen molar-refractivity contribution in [2.24, 2.45) is 5.92 Å². The number of aryl methyl sites for hydroxylation is 1. The Labute approximate surface area is 183 Å². The summed E-state index contributed by atoms with van der Waals surface area (Å²) in [5.74, 6) is -0.503. The minimum Gasteiger partial charge on any atom is -0.326 e. The van der Waals surface area contributed by atoms with E-state index in [1.165, 1.54) is 11.3 Å². The summed E-state index contributed by atoms with van der Waals surface area (Å²) < 4.78 is 0. The first kappa shape index (κ1) is 21.7. The third-order valence-electron chi connectivity index (χ3n) is 4.34. The largest absolute Gasteiger partial charge is 0.326 e. The molecule has 30 heavy (non-hydrogen) atoms. The summed E-state index contributed by atoms with van der Waals surface area (Å²) in [7, 11) is 0. The molecule has 0 aliphatic heterocycles. The molecule has 0 aliphatic carbocycles. The maximum atomic E-state index is 12.8. The molecule has 1 aromatic heterocycles. The summed E-state index contributed by atoms with van der Waals surface area (Å²) in [4.78, 5) is 25.1. The van der Waals surface area contributed by atoms with E-state index in [1.54, 1.807) is 12.1 Å². The van der Waals surface area contributed by atoms with Gasteiger partial charge in [-0.05, 0) is 30.5 Å². The van der Waals surface area contributed by atoms with Gasteiger partial charge in [0.15, 0.2) is 0 Å². The Morgan fingerprint density at radius 1 is 1.03 bits per heavy atom. The minimum atomic E-state index is -0.755. The summed E-state index contributed by atoms with van der Waals surface area (Å²) in [5.41, 5.74) is 2.38. The number of carbonyl (C=O) groups excluding carboxylic acids is 2. The SMILES string of the molecule is Cc1ccc(NC(=O)NC(C(=O)Nc2nnc(-c3ccccc3)s2)C(C)C)cc1Cl. The molecule has 0 saturated heterocycles. The first-order valence-electron chi connectivity index (χ1n) is 9.37. The number of rotatable bonds is 6. The molecule has 0 saturated carbocycles. The van der Waals surface area contributed by atoms with Crippen LogP contribution in [0.5, 0.6) is 0 Å². The number of hydrogen-bond acceptors (Lipinski definition) is 5. The zero-order valence-electron chi connectivity index (χ0n) is 16.8. The molecule has 9 heteroatoms. The number of nitrogens with zero attached hydrogens (tertiary/aromatic N) is 2. The van der Waals surface area contributed by atoms with E-state index < -0.39 is 12.1 Å². The molecule has 3 aromatic rings. The molecule has 156 valence electrons. The Balaban J connectivity index is 1.64. The third-order valence-corrected chi connectivity index (χ3v) is 5.64. The van der Waals surface area contributed by atoms with Crippen LogP contribution in [0.2, 0.25) is 5.02 Å². The fourth-order valence-electron chi connectivity index (χ4n) is 2.67. The predicted molar refractivity (Wildman–Crippen MR) is 121 cm³/mol. The highest BCUT2D eigenvalue weighted by atomic mass is 35.5. The molecule has 0 bridgehead atoms. The average molecular weight is 444 g/mol. The van der Waals surface area contributed by atoms with Crippen molar-refractivity contribution in [3.8, 4) is 10.6 Å². The van der Waals surface area contributed by atoms with Crippen LogP contribution in [0.25, 0.3) is 10.6 Å². The Morgan fingerprint density at radius 2 is 1.77 bits per heavy atom. The van der Waals surface area contributed by atoms with Crippen LogP contribution in [0.1, 0.15) is 19.4 Å². The summed E-state index contributed by atoms with van der Waals surface area (Å²) in [6.07, 6.45) is 0. The van der Waals surface area contributed by atoms with Gasteiger partial charge in [-0.3, -0.25) is 10.1 Å². The number of urea groups is 1. The van der Waals surface area contributed by atoms with Crippen molar-refractivity contribution in [1.82, 2.24) is 15.5 Å². The Hall–Kier alpha value is -2.97. The van der Waals surface area contributed by atoms with Crippen molar-refractivity contribution >= 4 is 45.7 Å². The number of anilines is 2. The zero-order chi connectivity index (χ0) is 21.7. The lowest BCUT2D eigenvalue weighted by atomic mass is 10.0. The van der Waals surface area contributed by atoms with Crippen LogP contribution < -0.4 is 16.0 Å². The Kier molecular flexibility index (Phi) is 7.02. The highest BCUT2D eigenvalue weighted by Crippen LogP contribution is 2.26. The lowest BCUT2D eigenvalue weighted by Gasteiger charge is -2.21. The van der Waals surface area contributed by atoms with E-state index in [2.05, 4.69) is 26.1 Å². The summed E-state index contributed by atoms with van der Waals surface area (Å²) in [5, 5.41) is 17.9. The second-order valence-electron chi connectivity index (χ2n) is 7.05. The van der Waals surface area contributed by atoms with Crippen molar-refractivity contribution < 1.29 is 9.59 Å². The molecule has 0 radical (unpaired) electrons. The highest BCUT2D eigenvalue weighted by molar-refractivity contribution is 7.18. The second-order valence-corrected chi connectivity index (χ2v) is 8.44. The zero-order valence-corrected chi connectivity index (χ0v) is 18.3. The number of hydrogen-bond donors (Lipinski definition) is 3. The van der Waals surface area contributed by atoms with Crippen molar-refractivity contribution in [3.63, 3.8) is 0 Å². The van der Waals surface area contributed by atoms with E-state index in [0.717, 1.165) is 11.1 Å². The van der Waals surface area contributed by atoms with Crippen molar-refractivity contribution in [2.45, 2.75) is 26.8 Å². The summed E-state index contributed by atoms with van der Waals surface area (Å²) in [6, 6.07) is 13.6. The summed E-state index contributed by atoms with van der Waals surface area (Å²) in [6.45, 7) is 5.58. The molecule has 7 nitrogen and oxygen atoms in total. The lowest BCUT2D eigenvalue weighted by Crippen LogP contribution is -2.48. The van der Waals surface area contributed by atoms with Crippen molar-refractivity contribution in [3.05, 3.63) is 59.1 Å². The van der Waals surface area contributed by atoms with Crippen LogP contribution in [0, 0.1) is 12.8 Å². The molecule has 1 unspecified atom stereocenters. The normalized spacial score (nSPS) is 11.8. The van der Waals surface area contributed by atoms with Crippen LogP contribution >= 0.6 is 22.9 Å². The molecule has 3 amide bonds. The number of halogens is 1. The Bertz CT molecular complexity index is 1040. The fourth-order valence-corrected chi connectivity index (χ4v) is 3.60. The van der Waals surface area contributed by atoms with Crippen LogP contribution in [-0.4, -0.2) is 28.2 Å². The van der Waals surface area contributed by atoms with Crippen LogP contribution in [0.4, 0.5) is 15.6 Å². The molecular weight excluding hydrogens is 422 g/mol. The fraction of sp³-hybridized carbons (Fsp3) is 0.238. The van der Waals surface area contributed by atoms with Crippen LogP contribution in [-0.2, 0) is 4.79 Å². The van der Waals surface area contributed by atoms with Crippen molar-refractivity contribution in [1.29, 1.82) is 0 Å². The third kappa shape index (κ3) is 5.55. The number of nitrogens with one attached hydrogen (secondary N) is 3. The van der Waals surface area contributed by atoms with E-state index in [1.807, 2.05) is 57.2 Å². The maximum Gasteiger partial charge on any atom is 0.319 e. The quantitative estimate of drug-likeness (QED) is 0.502. The molecule has 0 fully saturated rings. The molecule has 0 aliphatic rings. The van der Waals surface area contributed by atoms with Gasteiger partial charge in [0.1, 0.15) is 11.0 Å². The van der Waals surface area contributed by atoms with Gasteiger partial charge in [0.2, 0.25) is 11.0 Å². The minimum absolute atomic E-state index is 0.140. The predicted octanol–water partition coefficient (Wildman–Crippen LogP) is 4.95. The number of amides is 3. The van der Waals surface area contributed by atoms with Gasteiger partial charge in [0.25, 0.3) is 0 Å². The molecule has 2 aromatic carbocycles. The Morgan fingerprint density at radius 3 is 2.43 bits per heavy atom. The van der Waals surface area contributed by atoms with Crippen LogP contribution in [0.3, 0.4) is 0 Å². The van der Waals surface area contributed by atoms with Crippen LogP contribution in [0.15, 0.2) is 48.5 Å². The van der Waals surface area contributed by atoms with Gasteiger partial charge < -0.3 is 10.6 Å². The smallest absolute Gasteiger partial charge is 0.319 e. The van der Waals surface area contributed by atoms with E-state index in [9.17, 15) is 9.59 Å². The van der Waals surface area contributed by atoms with E-state index in [4.69, 9.17) is 11.6 Å². The standard InChI is InChI=1S/C21H22ClN5O2S/c1-12(2)17(24-20(29)23-15-10-9-13(3)16(22)11-15)18(28)25-21-27-26-19(30-21)14-7-5-4-6-8-14/h4-12,17H,1-3H3,(H2,23,24,29)(H,25,27,28). The molecule has 3 N–H and O–H groups in total. The van der Waals surface area contributed by atoms with Gasteiger partial charge in [0, 0.05) is 16.3 Å². The van der Waals surface area contributed by atoms with Gasteiger partial charge in [-0.25, -0.2) is 4.79 Å². The molecule has 1 heterocycles. The van der Waals surface area contributed by atoms with Gasteiger partial charge in [-0.2, -0.15) is 0 Å². The molecule has 1 atom stereocenters. The second kappa shape index (κ2) is 9.69. The average Bonchev–Trinajstić information content (AvgIpc) is 3.18. The topological polar surface area (TPSA) is 96.0 Å². The lowest BCUT2D eigenvalue weighted by molar-refractivity contribution is -0.118. The summed E-state index contributed by atoms with van der Waals surface area (Å²) >= 11 is 7.36. The monoisotopic (exact) mass is 443 g/mol.